The molecule has 0 radical (unpaired) electrons. The lowest BCUT2D eigenvalue weighted by Crippen LogP contribution is -2.55. The number of thiophene rings is 1. The van der Waals surface area contributed by atoms with E-state index in [-0.39, 0.29) is 18.1 Å². The van der Waals surface area contributed by atoms with Gasteiger partial charge in [-0.2, -0.15) is 0 Å². The van der Waals surface area contributed by atoms with Crippen LogP contribution in [0.4, 0.5) is 0 Å². The first-order valence-electron chi connectivity index (χ1n) is 6.41. The molecule has 100 valence electrons. The number of carbonyl (C=O) groups excluding carboxylic acids is 1. The van der Waals surface area contributed by atoms with E-state index in [1.54, 1.807) is 11.3 Å². The number of nitrogens with one attached hydrogen (secondary N) is 2. The van der Waals surface area contributed by atoms with Crippen molar-refractivity contribution < 1.29 is 9.53 Å². The van der Waals surface area contributed by atoms with Crippen LogP contribution in [0.15, 0.2) is 12.1 Å². The van der Waals surface area contributed by atoms with E-state index in [2.05, 4.69) is 29.7 Å². The maximum Gasteiger partial charge on any atom is 0.240 e. The van der Waals surface area contributed by atoms with Gasteiger partial charge in [0.25, 0.3) is 0 Å². The Morgan fingerprint density at radius 1 is 1.56 bits per heavy atom. The summed E-state index contributed by atoms with van der Waals surface area (Å²) in [7, 11) is 0. The van der Waals surface area contributed by atoms with E-state index in [0.29, 0.717) is 13.2 Å². The standard InChI is InChI=1S/C13H20N2O2S/c1-3-10-4-5-11(18-10)8-15-13(16)12-9(2)17-7-6-14-12/h4-5,9,12,14H,3,6-8H2,1-2H3,(H,15,16)/t9-,12+/m1/s1. The molecule has 2 atom stereocenters. The van der Waals surface area contributed by atoms with Crippen LogP contribution in [-0.4, -0.2) is 31.2 Å². The highest BCUT2D eigenvalue weighted by molar-refractivity contribution is 7.11. The number of aryl methyl sites for hydroxylation is 1. The van der Waals surface area contributed by atoms with Gasteiger partial charge in [0, 0.05) is 16.3 Å². The molecule has 1 amide bonds. The Kier molecular flexibility index (Phi) is 4.74. The van der Waals surface area contributed by atoms with Gasteiger partial charge in [-0.25, -0.2) is 0 Å². The SMILES string of the molecule is CCc1ccc(CNC(=O)[C@H]2NCCO[C@@H]2C)s1. The van der Waals surface area contributed by atoms with Crippen LogP contribution in [0, 0.1) is 0 Å². The molecular weight excluding hydrogens is 248 g/mol. The minimum Gasteiger partial charge on any atom is -0.375 e. The van der Waals surface area contributed by atoms with Crippen LogP contribution in [0.1, 0.15) is 23.6 Å². The lowest BCUT2D eigenvalue weighted by atomic mass is 10.1. The molecule has 1 saturated heterocycles. The van der Waals surface area contributed by atoms with E-state index in [9.17, 15) is 4.79 Å². The highest BCUT2D eigenvalue weighted by Crippen LogP contribution is 2.16. The van der Waals surface area contributed by atoms with Gasteiger partial charge in [-0.05, 0) is 25.5 Å². The zero-order valence-electron chi connectivity index (χ0n) is 10.9. The zero-order valence-corrected chi connectivity index (χ0v) is 11.7. The van der Waals surface area contributed by atoms with E-state index >= 15 is 0 Å². The third-order valence-corrected chi connectivity index (χ3v) is 4.33. The molecule has 0 aliphatic carbocycles. The molecule has 2 N–H and O–H groups in total. The van der Waals surface area contributed by atoms with Crippen LogP contribution >= 0.6 is 11.3 Å². The highest BCUT2D eigenvalue weighted by Gasteiger charge is 2.27. The van der Waals surface area contributed by atoms with Crippen molar-refractivity contribution in [2.75, 3.05) is 13.2 Å². The fraction of sp³-hybridized carbons (Fsp3) is 0.615. The minimum absolute atomic E-state index is 0.0219. The number of ether oxygens (including phenoxy) is 1. The molecule has 1 aromatic heterocycles. The molecule has 2 rings (SSSR count). The van der Waals surface area contributed by atoms with Crippen LogP contribution in [0.2, 0.25) is 0 Å². The minimum atomic E-state index is -0.232. The van der Waals surface area contributed by atoms with Gasteiger partial charge in [-0.15, -0.1) is 11.3 Å². The van der Waals surface area contributed by atoms with Gasteiger partial charge in [0.15, 0.2) is 0 Å². The summed E-state index contributed by atoms with van der Waals surface area (Å²) in [4.78, 5) is 14.6. The van der Waals surface area contributed by atoms with Gasteiger partial charge in [-0.1, -0.05) is 6.92 Å². The van der Waals surface area contributed by atoms with Crippen molar-refractivity contribution in [1.29, 1.82) is 0 Å². The quantitative estimate of drug-likeness (QED) is 0.865. The first-order valence-corrected chi connectivity index (χ1v) is 7.22. The number of carbonyl (C=O) groups is 1. The van der Waals surface area contributed by atoms with Gasteiger partial charge in [0.2, 0.25) is 5.91 Å². The van der Waals surface area contributed by atoms with Gasteiger partial charge in [0.05, 0.1) is 19.3 Å². The first-order chi connectivity index (χ1) is 8.70. The summed E-state index contributed by atoms with van der Waals surface area (Å²) < 4.78 is 5.46. The Morgan fingerprint density at radius 3 is 3.00 bits per heavy atom. The second-order valence-corrected chi connectivity index (χ2v) is 5.70. The van der Waals surface area contributed by atoms with Crippen molar-refractivity contribution in [3.8, 4) is 0 Å². The lowest BCUT2D eigenvalue weighted by Gasteiger charge is -2.29. The fourth-order valence-electron chi connectivity index (χ4n) is 2.02. The summed E-state index contributed by atoms with van der Waals surface area (Å²) in [5.74, 6) is 0.0219. The third-order valence-electron chi connectivity index (χ3n) is 3.10. The molecule has 0 bridgehead atoms. The van der Waals surface area contributed by atoms with Crippen molar-refractivity contribution >= 4 is 17.2 Å². The average molecular weight is 268 g/mol. The van der Waals surface area contributed by atoms with Crippen LogP contribution < -0.4 is 10.6 Å². The van der Waals surface area contributed by atoms with Crippen LogP contribution in [0.3, 0.4) is 0 Å². The maximum atomic E-state index is 12.0. The molecule has 0 saturated carbocycles. The van der Waals surface area contributed by atoms with E-state index in [4.69, 9.17) is 4.74 Å². The molecular formula is C13H20N2O2S. The predicted molar refractivity (Wildman–Crippen MR) is 72.7 cm³/mol. The van der Waals surface area contributed by atoms with Crippen LogP contribution in [0.25, 0.3) is 0 Å². The Bertz CT molecular complexity index is 405. The molecule has 5 heteroatoms. The van der Waals surface area contributed by atoms with Crippen molar-refractivity contribution in [2.24, 2.45) is 0 Å². The van der Waals surface area contributed by atoms with Crippen LogP contribution in [-0.2, 0) is 22.5 Å². The lowest BCUT2D eigenvalue weighted by molar-refractivity contribution is -0.129. The van der Waals surface area contributed by atoms with E-state index < -0.39 is 0 Å². The Hall–Kier alpha value is -0.910. The largest absolute Gasteiger partial charge is 0.375 e. The molecule has 0 unspecified atom stereocenters. The number of morpholine rings is 1. The Morgan fingerprint density at radius 2 is 2.33 bits per heavy atom. The van der Waals surface area contributed by atoms with Crippen molar-refractivity contribution in [3.63, 3.8) is 0 Å². The average Bonchev–Trinajstić information content (AvgIpc) is 2.84. The molecule has 0 aromatic carbocycles. The molecule has 1 aliphatic heterocycles. The summed E-state index contributed by atoms with van der Waals surface area (Å²) in [5.41, 5.74) is 0. The summed E-state index contributed by atoms with van der Waals surface area (Å²) in [6.07, 6.45) is 0.988. The number of rotatable bonds is 4. The predicted octanol–water partition coefficient (Wildman–Crippen LogP) is 1.30. The third kappa shape index (κ3) is 3.31. The topological polar surface area (TPSA) is 50.4 Å². The molecule has 1 aliphatic rings. The maximum absolute atomic E-state index is 12.0. The summed E-state index contributed by atoms with van der Waals surface area (Å²) in [6, 6.07) is 3.97. The molecule has 18 heavy (non-hydrogen) atoms. The van der Waals surface area contributed by atoms with Crippen molar-refractivity contribution in [1.82, 2.24) is 10.6 Å². The van der Waals surface area contributed by atoms with Gasteiger partial charge >= 0.3 is 0 Å². The second-order valence-electron chi connectivity index (χ2n) is 4.45. The Labute approximate surface area is 112 Å². The van der Waals surface area contributed by atoms with Gasteiger partial charge in [0.1, 0.15) is 6.04 Å². The molecule has 1 aromatic rings. The van der Waals surface area contributed by atoms with E-state index in [1.807, 2.05) is 6.92 Å². The van der Waals surface area contributed by atoms with Crippen LogP contribution in [0.5, 0.6) is 0 Å². The normalized spacial score (nSPS) is 23.9. The molecule has 2 heterocycles. The van der Waals surface area contributed by atoms with E-state index in [1.165, 1.54) is 9.75 Å². The number of hydrogen-bond donors (Lipinski definition) is 2. The smallest absolute Gasteiger partial charge is 0.240 e. The zero-order chi connectivity index (χ0) is 13.0. The summed E-state index contributed by atoms with van der Waals surface area (Å²) in [5, 5.41) is 6.15. The fourth-order valence-corrected chi connectivity index (χ4v) is 2.92. The van der Waals surface area contributed by atoms with Crippen molar-refractivity contribution in [3.05, 3.63) is 21.9 Å². The van der Waals surface area contributed by atoms with Gasteiger partial charge < -0.3 is 15.4 Å². The monoisotopic (exact) mass is 268 g/mol. The molecule has 1 fully saturated rings. The molecule has 4 nitrogen and oxygen atoms in total. The highest BCUT2D eigenvalue weighted by atomic mass is 32.1. The summed E-state index contributed by atoms with van der Waals surface area (Å²) >= 11 is 1.76. The Balaban J connectivity index is 1.83. The van der Waals surface area contributed by atoms with Crippen molar-refractivity contribution in [2.45, 2.75) is 39.0 Å². The number of hydrogen-bond acceptors (Lipinski definition) is 4. The second kappa shape index (κ2) is 6.31. The number of amides is 1. The molecule has 0 spiro atoms. The van der Waals surface area contributed by atoms with Gasteiger partial charge in [-0.3, -0.25) is 4.79 Å². The van der Waals surface area contributed by atoms with E-state index in [0.717, 1.165) is 13.0 Å². The first kappa shape index (κ1) is 13.5. The summed E-state index contributed by atoms with van der Waals surface area (Å²) in [6.45, 7) is 6.08.